The highest BCUT2D eigenvalue weighted by atomic mass is 16.5. The summed E-state index contributed by atoms with van der Waals surface area (Å²) in [6, 6.07) is 7.90. The minimum atomic E-state index is -2.67. The average Bonchev–Trinajstić information content (AvgIpc) is 2.97. The van der Waals surface area contributed by atoms with Crippen LogP contribution in [0.15, 0.2) is 47.2 Å². The first-order valence-corrected chi connectivity index (χ1v) is 14.3. The second kappa shape index (κ2) is 11.4. The molecule has 13 heteroatoms. The summed E-state index contributed by atoms with van der Waals surface area (Å²) in [7, 11) is 3.51. The molecule has 0 aromatic heterocycles. The van der Waals surface area contributed by atoms with Gasteiger partial charge >= 0.3 is 5.97 Å². The molecule has 236 valence electrons. The summed E-state index contributed by atoms with van der Waals surface area (Å²) >= 11 is 0. The van der Waals surface area contributed by atoms with Crippen LogP contribution < -0.4 is 16.0 Å². The molecule has 2 aromatic rings. The summed E-state index contributed by atoms with van der Waals surface area (Å²) in [5.74, 6) is -8.25. The molecule has 0 saturated heterocycles. The standard InChI is InChI=1S/C32H33N3O10/c1-4-45-22(37)13-34-31(43)15-7-5-6-14(8-15)18-12-20(35(2)3)19-10-16-9-17-11-21(36)25(30(33)42)29(41)32(17,44)28(40)23(16)27(39)24(19)26(18)38/h5-8,12,16-17,38-39,41,44H,4,9-11,13H2,1-3H3,(H2,33,42)(H,34,43)/t16-,17+,32+/m1/s1. The minimum absolute atomic E-state index is 0.0151. The van der Waals surface area contributed by atoms with Crippen molar-refractivity contribution < 1.29 is 49.1 Å². The van der Waals surface area contributed by atoms with Crippen LogP contribution in [0.1, 0.15) is 41.3 Å². The number of rotatable bonds is 7. The number of primary amides is 1. The fourth-order valence-electron chi connectivity index (χ4n) is 6.58. The Labute approximate surface area is 257 Å². The van der Waals surface area contributed by atoms with Crippen molar-refractivity contribution in [2.24, 2.45) is 17.6 Å². The number of aromatic hydroxyl groups is 1. The van der Waals surface area contributed by atoms with E-state index in [9.17, 15) is 44.4 Å². The van der Waals surface area contributed by atoms with Crippen LogP contribution in [0.3, 0.4) is 0 Å². The zero-order chi connectivity index (χ0) is 33.0. The van der Waals surface area contributed by atoms with E-state index in [1.807, 2.05) is 0 Å². The number of nitrogens with two attached hydrogens (primary N) is 1. The van der Waals surface area contributed by atoms with Gasteiger partial charge < -0.3 is 41.1 Å². The SMILES string of the molecule is CCOC(=O)CNC(=O)c1cccc(-c2cc(N(C)C)c3c(c2O)C(O)=C2C(=O)[C@]4(O)C(O)=C(C(N)=O)C(=O)C[C@@H]4C[C@@H]2C3)c1. The predicted molar refractivity (Wildman–Crippen MR) is 160 cm³/mol. The summed E-state index contributed by atoms with van der Waals surface area (Å²) in [6.45, 7) is 1.47. The molecule has 1 fully saturated rings. The number of aliphatic hydroxyl groups excluding tert-OH is 2. The molecule has 0 spiro atoms. The lowest BCUT2D eigenvalue weighted by Gasteiger charge is -2.46. The Balaban J connectivity index is 1.62. The zero-order valence-electron chi connectivity index (χ0n) is 24.8. The number of amides is 2. The van der Waals surface area contributed by atoms with E-state index in [1.165, 1.54) is 12.1 Å². The summed E-state index contributed by atoms with van der Waals surface area (Å²) < 4.78 is 4.83. The molecule has 0 heterocycles. The molecular weight excluding hydrogens is 586 g/mol. The molecule has 0 aliphatic heterocycles. The van der Waals surface area contributed by atoms with Gasteiger partial charge in [-0.1, -0.05) is 12.1 Å². The van der Waals surface area contributed by atoms with E-state index < -0.39 is 76.0 Å². The summed E-state index contributed by atoms with van der Waals surface area (Å²) in [6.07, 6.45) is -0.246. The molecule has 7 N–H and O–H groups in total. The number of aliphatic hydroxyl groups is 3. The number of carbonyl (C=O) groups excluding carboxylic acids is 5. The van der Waals surface area contributed by atoms with Crippen LogP contribution >= 0.6 is 0 Å². The molecule has 2 aromatic carbocycles. The number of fused-ring (bicyclic) bond motifs is 3. The Bertz CT molecular complexity index is 1740. The van der Waals surface area contributed by atoms with Gasteiger partial charge in [-0.3, -0.25) is 24.0 Å². The summed E-state index contributed by atoms with van der Waals surface area (Å²) in [5.41, 5.74) is 3.28. The molecule has 13 nitrogen and oxygen atoms in total. The second-order valence-corrected chi connectivity index (χ2v) is 11.5. The molecule has 0 unspecified atom stereocenters. The molecule has 3 aliphatic rings. The van der Waals surface area contributed by atoms with Crippen molar-refractivity contribution in [2.45, 2.75) is 31.8 Å². The smallest absolute Gasteiger partial charge is 0.325 e. The fraction of sp³-hybridized carbons (Fsp3) is 0.344. The molecule has 0 radical (unpaired) electrons. The van der Waals surface area contributed by atoms with Crippen molar-refractivity contribution in [2.75, 3.05) is 32.1 Å². The highest BCUT2D eigenvalue weighted by Gasteiger charge is 2.60. The van der Waals surface area contributed by atoms with Gasteiger partial charge in [0.05, 0.1) is 12.2 Å². The number of carbonyl (C=O) groups is 5. The minimum Gasteiger partial charge on any atom is -0.508 e. The molecule has 5 rings (SSSR count). The van der Waals surface area contributed by atoms with E-state index in [4.69, 9.17) is 10.5 Å². The maximum atomic E-state index is 13.9. The van der Waals surface area contributed by atoms with Crippen LogP contribution in [0.25, 0.3) is 16.9 Å². The molecule has 3 atom stereocenters. The van der Waals surface area contributed by atoms with E-state index >= 15 is 0 Å². The van der Waals surface area contributed by atoms with Crippen LogP contribution in [-0.4, -0.2) is 82.6 Å². The maximum absolute atomic E-state index is 13.9. The second-order valence-electron chi connectivity index (χ2n) is 11.5. The molecule has 45 heavy (non-hydrogen) atoms. The lowest BCUT2D eigenvalue weighted by molar-refractivity contribution is -0.147. The van der Waals surface area contributed by atoms with Gasteiger partial charge in [-0.2, -0.15) is 0 Å². The number of nitrogens with one attached hydrogen (secondary N) is 1. The number of nitrogens with zero attached hydrogens (tertiary/aromatic N) is 1. The third-order valence-corrected chi connectivity index (χ3v) is 8.66. The number of benzene rings is 2. The predicted octanol–water partition coefficient (Wildman–Crippen LogP) is 1.45. The normalized spacial score (nSPS) is 22.3. The van der Waals surface area contributed by atoms with E-state index in [0.29, 0.717) is 16.8 Å². The van der Waals surface area contributed by atoms with Crippen molar-refractivity contribution in [1.82, 2.24) is 5.32 Å². The number of ether oxygens (including phenoxy) is 1. The Kier molecular flexibility index (Phi) is 7.92. The average molecular weight is 620 g/mol. The van der Waals surface area contributed by atoms with Gasteiger partial charge in [0.15, 0.2) is 11.4 Å². The fourth-order valence-corrected chi connectivity index (χ4v) is 6.58. The number of hydrogen-bond donors (Lipinski definition) is 6. The van der Waals surface area contributed by atoms with Crippen LogP contribution in [0.2, 0.25) is 0 Å². The third kappa shape index (κ3) is 4.98. The first-order valence-electron chi connectivity index (χ1n) is 14.3. The number of esters is 1. The van der Waals surface area contributed by atoms with Gasteiger partial charge in [0.2, 0.25) is 5.78 Å². The first-order chi connectivity index (χ1) is 21.2. The van der Waals surface area contributed by atoms with Crippen molar-refractivity contribution in [1.29, 1.82) is 0 Å². The summed E-state index contributed by atoms with van der Waals surface area (Å²) in [4.78, 5) is 64.6. The number of phenolic OH excluding ortho intramolecular Hbond substituents is 1. The Morgan fingerprint density at radius 3 is 2.47 bits per heavy atom. The topological polar surface area (TPSA) is 217 Å². The van der Waals surface area contributed by atoms with Gasteiger partial charge in [-0.05, 0) is 55.0 Å². The quantitative estimate of drug-likeness (QED) is 0.193. The van der Waals surface area contributed by atoms with Gasteiger partial charge in [-0.15, -0.1) is 0 Å². The Morgan fingerprint density at radius 2 is 1.82 bits per heavy atom. The van der Waals surface area contributed by atoms with Crippen molar-refractivity contribution >= 4 is 40.8 Å². The van der Waals surface area contributed by atoms with Crippen LogP contribution in [0.5, 0.6) is 5.75 Å². The van der Waals surface area contributed by atoms with Gasteiger partial charge in [0, 0.05) is 48.8 Å². The van der Waals surface area contributed by atoms with E-state index in [2.05, 4.69) is 5.32 Å². The molecule has 1 saturated carbocycles. The van der Waals surface area contributed by atoms with Gasteiger partial charge in [0.25, 0.3) is 11.8 Å². The Hall–Kier alpha value is -5.17. The number of anilines is 1. The van der Waals surface area contributed by atoms with E-state index in [-0.39, 0.29) is 48.3 Å². The molecule has 2 amide bonds. The summed E-state index contributed by atoms with van der Waals surface area (Å²) in [5, 5.41) is 48.0. The molecule has 0 bridgehead atoms. The largest absolute Gasteiger partial charge is 0.508 e. The number of phenols is 1. The highest BCUT2D eigenvalue weighted by molar-refractivity contribution is 6.22. The Morgan fingerprint density at radius 1 is 1.11 bits per heavy atom. The lowest BCUT2D eigenvalue weighted by Crippen LogP contribution is -2.58. The van der Waals surface area contributed by atoms with Gasteiger partial charge in [0.1, 0.15) is 29.4 Å². The maximum Gasteiger partial charge on any atom is 0.325 e. The lowest BCUT2D eigenvalue weighted by atomic mass is 9.59. The van der Waals surface area contributed by atoms with E-state index in [1.54, 1.807) is 44.1 Å². The van der Waals surface area contributed by atoms with Crippen LogP contribution in [0, 0.1) is 11.8 Å². The van der Waals surface area contributed by atoms with Crippen molar-refractivity contribution in [3.8, 4) is 16.9 Å². The van der Waals surface area contributed by atoms with Gasteiger partial charge in [-0.25, -0.2) is 0 Å². The molecule has 3 aliphatic carbocycles. The zero-order valence-corrected chi connectivity index (χ0v) is 24.8. The number of ketones is 2. The van der Waals surface area contributed by atoms with E-state index in [0.717, 1.165) is 0 Å². The number of hydrogen-bond acceptors (Lipinski definition) is 11. The monoisotopic (exact) mass is 619 g/mol. The van der Waals surface area contributed by atoms with Crippen LogP contribution in [0.4, 0.5) is 5.69 Å². The van der Waals surface area contributed by atoms with Crippen LogP contribution in [-0.2, 0) is 30.3 Å². The third-order valence-electron chi connectivity index (χ3n) is 8.66. The number of Topliss-reactive ketones (excluding diaryl/α,β-unsaturated/α-hetero) is 2. The van der Waals surface area contributed by atoms with Crippen molar-refractivity contribution in [3.05, 3.63) is 63.9 Å². The highest BCUT2D eigenvalue weighted by Crippen LogP contribution is 2.54. The first kappa shape index (κ1) is 31.3. The molecular formula is C32H33N3O10. The van der Waals surface area contributed by atoms with Crippen molar-refractivity contribution in [3.63, 3.8) is 0 Å².